The van der Waals surface area contributed by atoms with Gasteiger partial charge >= 0.3 is 5.97 Å². The number of hydrogen-bond donors (Lipinski definition) is 5. The summed E-state index contributed by atoms with van der Waals surface area (Å²) in [4.78, 5) is 31.4. The summed E-state index contributed by atoms with van der Waals surface area (Å²) in [7, 11) is 0. The van der Waals surface area contributed by atoms with E-state index < -0.39 is 11.9 Å². The van der Waals surface area contributed by atoms with Crippen molar-refractivity contribution < 1.29 is 33.8 Å². The van der Waals surface area contributed by atoms with Gasteiger partial charge in [0.15, 0.2) is 11.2 Å². The number of unbranched alkanes of at least 4 members (excludes halogenated alkanes) is 2. The maximum Gasteiger partial charge on any atom is 0.335 e. The first-order valence-corrected chi connectivity index (χ1v) is 17.4. The Hall–Kier alpha value is -6.54. The average molecular weight is 729 g/mol. The van der Waals surface area contributed by atoms with Crippen LogP contribution in [0.4, 0.5) is 11.4 Å². The van der Waals surface area contributed by atoms with Gasteiger partial charge in [0.2, 0.25) is 17.7 Å². The van der Waals surface area contributed by atoms with Crippen molar-refractivity contribution in [2.45, 2.75) is 25.7 Å². The highest BCUT2D eigenvalue weighted by Crippen LogP contribution is 2.29. The van der Waals surface area contributed by atoms with Crippen LogP contribution < -0.4 is 21.6 Å². The lowest BCUT2D eigenvalue weighted by molar-refractivity contribution is 0.0696. The molecule has 0 aliphatic carbocycles. The molecular formula is C41H40N6O7. The normalized spacial score (nSPS) is 10.9. The number of primary amides is 1. The number of hydrogen-bond acceptors (Lipinski definition) is 11. The molecule has 1 amide bonds. The number of benzene rings is 5. The molecule has 0 saturated heterocycles. The minimum Gasteiger partial charge on any atom is -0.478 e. The zero-order valence-corrected chi connectivity index (χ0v) is 29.3. The standard InChI is InChI=1S/C22H20N4O2.C19H20N2O5/c23-21(27)16-7-4-8-17(13-16)22-25-19-10-9-18(14-20(19)28-22)26(24)12-11-15-5-2-1-3-6-15;22-10-3-1-2-9-21(25)15-7-8-16-17(12-15)26-18(20-16)13-5-4-6-14(11-13)19(23)24/h1-10,13-14H,11-12,24H2,(H2,23,27);4-8,11-12,22,25H,1-3,9-10H2,(H,23,24). The summed E-state index contributed by atoms with van der Waals surface area (Å²) in [5.41, 5.74) is 12.3. The number of fused-ring (bicyclic) bond motifs is 2. The topological polar surface area (TPSA) is 205 Å². The number of rotatable bonds is 14. The molecule has 7 N–H and O–H groups in total. The van der Waals surface area contributed by atoms with Gasteiger partial charge < -0.3 is 29.8 Å². The second-order valence-electron chi connectivity index (χ2n) is 12.5. The monoisotopic (exact) mass is 728 g/mol. The van der Waals surface area contributed by atoms with E-state index in [2.05, 4.69) is 22.1 Å². The summed E-state index contributed by atoms with van der Waals surface area (Å²) in [6, 6.07) is 34.3. The third-order valence-corrected chi connectivity index (χ3v) is 8.64. The predicted molar refractivity (Wildman–Crippen MR) is 206 cm³/mol. The molecule has 0 unspecified atom stereocenters. The van der Waals surface area contributed by atoms with E-state index in [-0.39, 0.29) is 12.2 Å². The highest BCUT2D eigenvalue weighted by atomic mass is 16.5. The van der Waals surface area contributed by atoms with E-state index in [1.807, 2.05) is 42.5 Å². The second kappa shape index (κ2) is 17.3. The molecule has 7 rings (SSSR count). The number of carboxylic acid groups (broad SMARTS) is 1. The maximum absolute atomic E-state index is 11.4. The zero-order valence-electron chi connectivity index (χ0n) is 29.3. The Morgan fingerprint density at radius 2 is 1.26 bits per heavy atom. The smallest absolute Gasteiger partial charge is 0.335 e. The van der Waals surface area contributed by atoms with Crippen molar-refractivity contribution in [1.82, 2.24) is 9.97 Å². The number of aliphatic hydroxyl groups is 1. The Kier molecular flexibility index (Phi) is 11.9. The van der Waals surface area contributed by atoms with E-state index in [4.69, 9.17) is 30.6 Å². The number of amides is 1. The van der Waals surface area contributed by atoms with Crippen LogP contribution >= 0.6 is 0 Å². The van der Waals surface area contributed by atoms with Gasteiger partial charge in [-0.15, -0.1) is 0 Å². The molecule has 276 valence electrons. The SMILES string of the molecule is NC(=O)c1cccc(-c2nc3ccc(N(N)CCc4ccccc4)cc3o2)c1.O=C(O)c1cccc(-c2nc3ccc(N(O)CCCCCO)cc3o2)c1. The average Bonchev–Trinajstić information content (AvgIpc) is 3.83. The summed E-state index contributed by atoms with van der Waals surface area (Å²) < 4.78 is 11.6. The lowest BCUT2D eigenvalue weighted by atomic mass is 10.1. The molecule has 54 heavy (non-hydrogen) atoms. The van der Waals surface area contributed by atoms with Gasteiger partial charge in [0.1, 0.15) is 11.0 Å². The lowest BCUT2D eigenvalue weighted by Crippen LogP contribution is -2.32. The van der Waals surface area contributed by atoms with Crippen LogP contribution in [0, 0.1) is 0 Å². The molecule has 5 aromatic carbocycles. The summed E-state index contributed by atoms with van der Waals surface area (Å²) >= 11 is 0. The second-order valence-corrected chi connectivity index (χ2v) is 12.5. The first-order chi connectivity index (χ1) is 26.2. The molecule has 7 aromatic rings. The fraction of sp³-hybridized carbons (Fsp3) is 0.171. The van der Waals surface area contributed by atoms with Crippen LogP contribution in [-0.4, -0.2) is 57.0 Å². The first-order valence-electron chi connectivity index (χ1n) is 17.4. The minimum atomic E-state index is -1.01. The van der Waals surface area contributed by atoms with Gasteiger partial charge in [0.05, 0.1) is 16.9 Å². The van der Waals surface area contributed by atoms with Crippen LogP contribution in [0.25, 0.3) is 45.1 Å². The summed E-state index contributed by atoms with van der Waals surface area (Å²) in [5.74, 6) is 5.48. The predicted octanol–water partition coefficient (Wildman–Crippen LogP) is 7.07. The molecule has 0 aliphatic rings. The Morgan fingerprint density at radius 3 is 1.87 bits per heavy atom. The minimum absolute atomic E-state index is 0.154. The van der Waals surface area contributed by atoms with Crippen molar-refractivity contribution in [1.29, 1.82) is 0 Å². The number of oxazole rings is 2. The quantitative estimate of drug-likeness (QED) is 0.0433. The van der Waals surface area contributed by atoms with Gasteiger partial charge in [-0.2, -0.15) is 0 Å². The number of hydrazine groups is 1. The molecule has 0 aliphatic heterocycles. The third kappa shape index (κ3) is 9.27. The van der Waals surface area contributed by atoms with Crippen LogP contribution in [-0.2, 0) is 6.42 Å². The number of carbonyl (C=O) groups is 2. The van der Waals surface area contributed by atoms with Gasteiger partial charge in [0, 0.05) is 48.5 Å². The molecule has 0 saturated carbocycles. The maximum atomic E-state index is 11.4. The van der Waals surface area contributed by atoms with Crippen molar-refractivity contribution in [3.8, 4) is 22.9 Å². The van der Waals surface area contributed by atoms with E-state index in [0.717, 1.165) is 35.5 Å². The third-order valence-electron chi connectivity index (χ3n) is 8.64. The Morgan fingerprint density at radius 1 is 0.667 bits per heavy atom. The summed E-state index contributed by atoms with van der Waals surface area (Å²) in [6.45, 7) is 1.28. The molecule has 0 bridgehead atoms. The molecule has 0 radical (unpaired) electrons. The number of hydroxylamine groups is 1. The van der Waals surface area contributed by atoms with Crippen LogP contribution in [0.15, 0.2) is 124 Å². The molecule has 2 aromatic heterocycles. The Bertz CT molecular complexity index is 2360. The highest BCUT2D eigenvalue weighted by Gasteiger charge is 2.14. The molecule has 13 heteroatoms. The number of carbonyl (C=O) groups excluding carboxylic acids is 1. The summed E-state index contributed by atoms with van der Waals surface area (Å²) in [6.07, 6.45) is 3.16. The van der Waals surface area contributed by atoms with Crippen molar-refractivity contribution >= 4 is 45.5 Å². The fourth-order valence-corrected chi connectivity index (χ4v) is 5.71. The van der Waals surface area contributed by atoms with Crippen LogP contribution in [0.3, 0.4) is 0 Å². The van der Waals surface area contributed by atoms with Crippen molar-refractivity contribution in [2.24, 2.45) is 11.6 Å². The largest absolute Gasteiger partial charge is 0.478 e. The van der Waals surface area contributed by atoms with Crippen molar-refractivity contribution in [3.63, 3.8) is 0 Å². The van der Waals surface area contributed by atoms with E-state index in [1.54, 1.807) is 53.5 Å². The number of aromatic carboxylic acids is 1. The highest BCUT2D eigenvalue weighted by molar-refractivity contribution is 5.94. The Labute approximate surface area is 310 Å². The van der Waals surface area contributed by atoms with Crippen molar-refractivity contribution in [2.75, 3.05) is 29.8 Å². The fourth-order valence-electron chi connectivity index (χ4n) is 5.71. The molecule has 0 atom stereocenters. The molecule has 0 fully saturated rings. The molecule has 2 heterocycles. The Balaban J connectivity index is 0.000000185. The van der Waals surface area contributed by atoms with E-state index in [0.29, 0.717) is 70.4 Å². The van der Waals surface area contributed by atoms with Crippen LogP contribution in [0.5, 0.6) is 0 Å². The molecule has 0 spiro atoms. The zero-order chi connectivity index (χ0) is 38.0. The summed E-state index contributed by atoms with van der Waals surface area (Å²) in [5, 5.41) is 30.9. The number of anilines is 2. The van der Waals surface area contributed by atoms with Crippen LogP contribution in [0.1, 0.15) is 45.5 Å². The number of aromatic nitrogens is 2. The number of aliphatic hydroxyl groups excluding tert-OH is 1. The number of nitrogens with two attached hydrogens (primary N) is 2. The van der Waals surface area contributed by atoms with Crippen LogP contribution in [0.2, 0.25) is 0 Å². The molecule has 13 nitrogen and oxygen atoms in total. The van der Waals surface area contributed by atoms with Gasteiger partial charge in [0.25, 0.3) is 0 Å². The lowest BCUT2D eigenvalue weighted by Gasteiger charge is -2.18. The van der Waals surface area contributed by atoms with Gasteiger partial charge in [-0.1, -0.05) is 42.5 Å². The number of carboxylic acids is 1. The van der Waals surface area contributed by atoms with E-state index in [9.17, 15) is 14.8 Å². The van der Waals surface area contributed by atoms with Gasteiger partial charge in [-0.05, 0) is 91.9 Å². The molecular weight excluding hydrogens is 688 g/mol. The van der Waals surface area contributed by atoms with E-state index >= 15 is 0 Å². The number of nitrogens with zero attached hydrogens (tertiary/aromatic N) is 4. The van der Waals surface area contributed by atoms with E-state index in [1.165, 1.54) is 17.7 Å². The first kappa shape index (κ1) is 37.2. The van der Waals surface area contributed by atoms with Gasteiger partial charge in [-0.25, -0.2) is 20.6 Å². The van der Waals surface area contributed by atoms with Gasteiger partial charge in [-0.3, -0.25) is 15.1 Å². The van der Waals surface area contributed by atoms with Crippen molar-refractivity contribution in [3.05, 3.63) is 132 Å².